The summed E-state index contributed by atoms with van der Waals surface area (Å²) in [6, 6.07) is 2.49. The first-order valence-electron chi connectivity index (χ1n) is 45.0. The Morgan fingerprint density at radius 3 is 0.870 bits per heavy atom. The highest BCUT2D eigenvalue weighted by Gasteiger charge is 2.66. The van der Waals surface area contributed by atoms with Crippen molar-refractivity contribution >= 4 is 122 Å². The summed E-state index contributed by atoms with van der Waals surface area (Å²) in [5.74, 6) is -10.6. The minimum Gasteiger partial charge on any atom is -0.480 e. The summed E-state index contributed by atoms with van der Waals surface area (Å²) in [6.45, 7) is -4.62. The molecule has 0 bridgehead atoms. The molecule has 1 aromatic carbocycles. The van der Waals surface area contributed by atoms with Gasteiger partial charge in [-0.25, -0.2) is 0 Å². The molecule has 51 nitrogen and oxygen atoms in total. The average Bonchev–Trinajstić information content (AvgIpc) is 1.61. The summed E-state index contributed by atoms with van der Waals surface area (Å²) >= 11 is 0. The molecule has 138 heavy (non-hydrogen) atoms. The number of para-hydroxylation sites is 1. The van der Waals surface area contributed by atoms with Crippen molar-refractivity contribution < 1.29 is 173 Å². The maximum absolute atomic E-state index is 13.5. The fraction of sp³-hybridized carbons (Fsp3) is 0.845. The molecule has 67 heteroatoms. The van der Waals surface area contributed by atoms with E-state index < -0.39 is 241 Å². The Morgan fingerprint density at radius 1 is 0.384 bits per heavy atom. The van der Waals surface area contributed by atoms with Crippen molar-refractivity contribution in [2.24, 2.45) is 86.9 Å². The topological polar surface area (TPSA) is 861 Å². The Kier molecular flexibility index (Phi) is 38.3. The number of rotatable bonds is 44. The maximum Gasteiger partial charge on any atom is 0.474 e. The summed E-state index contributed by atoms with van der Waals surface area (Å²) in [6.07, 6.45) is -3.61. The van der Waals surface area contributed by atoms with Crippen LogP contribution in [-0.2, 0) is 79.8 Å². The lowest BCUT2D eigenvalue weighted by Gasteiger charge is -2.39. The Hall–Kier alpha value is -5.18. The van der Waals surface area contributed by atoms with Crippen LogP contribution < -0.4 is 61.6 Å². The van der Waals surface area contributed by atoms with Crippen LogP contribution in [0.25, 0.3) is 0 Å². The van der Waals surface area contributed by atoms with E-state index in [0.29, 0.717) is 72.5 Å². The number of anilines is 1. The number of carboxylic acid groups (broad SMARTS) is 5. The van der Waals surface area contributed by atoms with E-state index in [4.69, 9.17) is 112 Å². The number of nitrogens with zero attached hydrogens (tertiary/aromatic N) is 10. The van der Waals surface area contributed by atoms with Gasteiger partial charge in [0.05, 0.1) is 37.0 Å². The Morgan fingerprint density at radius 2 is 0.645 bits per heavy atom. The zero-order chi connectivity index (χ0) is 104. The number of ether oxygens (including phenoxy) is 1. The molecular formula is C71H129B5F6N20O31S5. The van der Waals surface area contributed by atoms with E-state index in [0.717, 1.165) is 27.9 Å². The van der Waals surface area contributed by atoms with E-state index in [1.54, 1.807) is 30.3 Å². The molecule has 786 valence electrons. The van der Waals surface area contributed by atoms with E-state index in [2.05, 4.69) is 0 Å². The number of carboxylic acids is 5. The van der Waals surface area contributed by atoms with Gasteiger partial charge in [0.15, 0.2) is 0 Å². The fourth-order valence-electron chi connectivity index (χ4n) is 18.5. The van der Waals surface area contributed by atoms with E-state index >= 15 is 0 Å². The molecule has 6 aliphatic heterocycles. The Bertz CT molecular complexity index is 4840. The van der Waals surface area contributed by atoms with Gasteiger partial charge in [0.1, 0.15) is 34.2 Å². The van der Waals surface area contributed by atoms with Crippen molar-refractivity contribution in [3.8, 4) is 0 Å². The van der Waals surface area contributed by atoms with Gasteiger partial charge in [0.25, 0.3) is 40.8 Å². The van der Waals surface area contributed by atoms with Gasteiger partial charge in [-0.3, -0.25) is 28.3 Å². The Labute approximate surface area is 796 Å². The van der Waals surface area contributed by atoms with Crippen molar-refractivity contribution in [2.75, 3.05) is 89.5 Å². The first kappa shape index (κ1) is 116. The second-order valence-electron chi connectivity index (χ2n) is 38.1. The number of hydrogen-bond acceptors (Lipinski definition) is 36. The molecule has 10 unspecified atom stereocenters. The lowest BCUT2D eigenvalue weighted by molar-refractivity contribution is -0.214. The molecule has 12 fully saturated rings. The standard InChI is InChI=1S/C17H27BN4O6S.C15H29BN4O6S.C14H27BN4O7S.C13H24BF3N4O6S.C12H22BF3N4O6S/c19-14-9-15(14)22(13-6-2-1-3-7-13)29(27,28)21-10-12(5-4-8-18(25)26)17(20,11-21)16(23)24;17-12-7-13(12)20(11-4-1-5-11)27(25,26)19-8-10(3-2-6-16(23)24)15(18,9-19)14(21)22;16-11-4-12(11)19(10-6-26-7-10)27(24,25)18-5-9(2-1-3-15(22)23)14(17,8-18)13(20)21;15-13(16,17)7-21(10-4-9(10)18)28(26,27)20-5-8(2-1-3-14(24)25)12(19,6-20)11(22)23;14-12(15,16)20(9-4-8(9)17)27(25,26)19-5-7(2-1-3-13(23)24)11(18,6-19)10(21)22/h1-3,6-7,12,14-15,25-26H,4-5,8-11,19-20H2,(H,23,24);10-13,23-24H,1-9,17-18H2,(H,21,22);9-12,22-23H,1-8,16-17H2,(H,20,21);8-10,24-25H,1-7,18-19H2,(H,22,23);7-9,23-24H,1-6,17-18H2,(H,21,22)/t12-,14?,15?,17-;10-,12?,13?,15-;9-,11?,12?,14-;8-,9?,10?,12-;7-,8?,9?,11-/m00000/s1. The van der Waals surface area contributed by atoms with Crippen LogP contribution in [0, 0.1) is 29.6 Å². The predicted octanol–water partition coefficient (Wildman–Crippen LogP) is -9.76. The highest BCUT2D eigenvalue weighted by Crippen LogP contribution is 2.47. The van der Waals surface area contributed by atoms with E-state index in [1.165, 1.54) is 17.2 Å². The van der Waals surface area contributed by atoms with Crippen molar-refractivity contribution in [3.05, 3.63) is 30.3 Å². The Balaban J connectivity index is 0.000000193. The van der Waals surface area contributed by atoms with E-state index in [1.807, 2.05) is 0 Å². The predicted molar refractivity (Wildman–Crippen MR) is 481 cm³/mol. The minimum atomic E-state index is -5.21. The number of halogens is 6. The van der Waals surface area contributed by atoms with Gasteiger partial charge in [0.2, 0.25) is 0 Å². The van der Waals surface area contributed by atoms with Crippen molar-refractivity contribution in [3.63, 3.8) is 0 Å². The zero-order valence-corrected chi connectivity index (χ0v) is 79.4. The quantitative estimate of drug-likeness (QED) is 0.0164. The normalized spacial score (nSPS) is 32.4. The smallest absolute Gasteiger partial charge is 0.474 e. The van der Waals surface area contributed by atoms with Gasteiger partial charge in [-0.15, -0.1) is 0 Å². The third-order valence-corrected chi connectivity index (χ3v) is 37.4. The summed E-state index contributed by atoms with van der Waals surface area (Å²) in [4.78, 5) is 58.6. The molecule has 35 N–H and O–H groups in total. The maximum atomic E-state index is 13.5. The highest BCUT2D eigenvalue weighted by atomic mass is 32.2. The summed E-state index contributed by atoms with van der Waals surface area (Å²) in [5, 5.41) is 137. The van der Waals surface area contributed by atoms with Crippen molar-refractivity contribution in [1.82, 2.24) is 38.7 Å². The first-order valence-corrected chi connectivity index (χ1v) is 52.0. The number of hydrogen-bond donors (Lipinski definition) is 25. The van der Waals surface area contributed by atoms with Gasteiger partial charge in [-0.05, 0) is 121 Å². The van der Waals surface area contributed by atoms with Crippen molar-refractivity contribution in [1.29, 1.82) is 0 Å². The fourth-order valence-corrected chi connectivity index (χ4v) is 28.6. The van der Waals surface area contributed by atoms with Crippen LogP contribution in [0.5, 0.6) is 0 Å². The monoisotopic (exact) mass is 2090 g/mol. The molecular weight excluding hydrogens is 1960 g/mol. The largest absolute Gasteiger partial charge is 0.480 e. The van der Waals surface area contributed by atoms with Crippen LogP contribution in [0.4, 0.5) is 32.0 Å². The molecule has 13 rings (SSSR count). The molecule has 6 saturated carbocycles. The number of carbonyl (C=O) groups is 5. The highest BCUT2D eigenvalue weighted by molar-refractivity contribution is 7.90. The molecule has 0 radical (unpaired) electrons. The molecule has 6 aliphatic carbocycles. The molecule has 12 aliphatic rings. The van der Waals surface area contributed by atoms with E-state index in [9.17, 15) is 118 Å². The van der Waals surface area contributed by atoms with Crippen LogP contribution in [0.15, 0.2) is 30.3 Å². The summed E-state index contributed by atoms with van der Waals surface area (Å²) in [5.41, 5.74) is 49.9. The van der Waals surface area contributed by atoms with Gasteiger partial charge in [0, 0.05) is 149 Å². The van der Waals surface area contributed by atoms with Crippen LogP contribution in [0.1, 0.15) is 116 Å². The molecule has 6 saturated heterocycles. The van der Waals surface area contributed by atoms with Crippen LogP contribution in [-0.4, -0.2) is 420 Å². The molecule has 0 spiro atoms. The average molecular weight is 2090 g/mol. The van der Waals surface area contributed by atoms with Gasteiger partial charge in [-0.2, -0.15) is 103 Å². The second kappa shape index (κ2) is 45.4. The minimum absolute atomic E-state index is 0.00139. The third-order valence-electron chi connectivity index (χ3n) is 27.6. The first-order chi connectivity index (χ1) is 63.6. The third kappa shape index (κ3) is 27.6. The lowest BCUT2D eigenvalue weighted by atomic mass is 9.78. The van der Waals surface area contributed by atoms with Gasteiger partial charge >= 0.3 is 88.1 Å². The lowest BCUT2D eigenvalue weighted by Crippen LogP contribution is -2.59. The molecule has 6 heterocycles. The van der Waals surface area contributed by atoms with Crippen LogP contribution >= 0.6 is 0 Å². The van der Waals surface area contributed by atoms with Crippen LogP contribution in [0.2, 0.25) is 31.6 Å². The van der Waals surface area contributed by atoms with Gasteiger partial charge < -0.3 is 138 Å². The number of aliphatic carboxylic acids is 5. The van der Waals surface area contributed by atoms with Crippen molar-refractivity contribution in [2.45, 2.75) is 260 Å². The summed E-state index contributed by atoms with van der Waals surface area (Å²) in [7, 11) is -29.3. The van der Waals surface area contributed by atoms with E-state index in [-0.39, 0.29) is 181 Å². The van der Waals surface area contributed by atoms with Gasteiger partial charge in [-0.1, -0.05) is 61.0 Å². The van der Waals surface area contributed by atoms with Crippen LogP contribution in [0.3, 0.4) is 0 Å². The molecule has 20 atom stereocenters. The SMILES string of the molecule is NC1CC1N(C(F)(F)F)S(=O)(=O)N1C[C@H](CCCB(O)O)[C@](N)(C(=O)O)C1.NC1CC1N(C1CCC1)S(=O)(=O)N1C[C@H](CCCB(O)O)[C@](N)(C(=O)O)C1.NC1CC1N(C1COC1)S(=O)(=O)N1C[C@H](CCCB(O)O)[C@](N)(C(=O)O)C1.NC1CC1N(CC(F)(F)F)S(=O)(=O)N1C[C@H](CCCB(O)O)[C@](N)(C(=O)O)C1.NC1CC1N(c1ccccc1)S(=O)(=O)N1C[C@H](CCCB(O)O)[C@](N)(C(=O)O)C1. The number of nitrogens with two attached hydrogens (primary N) is 10. The molecule has 1 aromatic rings. The number of benzene rings is 1. The summed E-state index contributed by atoms with van der Waals surface area (Å²) < 4.78 is 223. The molecule has 0 amide bonds. The molecule has 0 aromatic heterocycles. The second-order valence-corrected chi connectivity index (χ2v) is 47.3. The number of alkyl halides is 6. The zero-order valence-electron chi connectivity index (χ0n) is 75.3.